The Morgan fingerprint density at radius 3 is 2.50 bits per heavy atom. The summed E-state index contributed by atoms with van der Waals surface area (Å²) in [4.78, 5) is 13.3. The summed E-state index contributed by atoms with van der Waals surface area (Å²) in [6.45, 7) is 11.8. The predicted octanol–water partition coefficient (Wildman–Crippen LogP) is 7.16. The van der Waals surface area contributed by atoms with E-state index in [9.17, 15) is 25.2 Å². The molecule has 8 heteroatoms. The van der Waals surface area contributed by atoms with Crippen molar-refractivity contribution in [2.75, 3.05) is 11.9 Å². The summed E-state index contributed by atoms with van der Waals surface area (Å²) in [5.41, 5.74) is 2.92. The van der Waals surface area contributed by atoms with Gasteiger partial charge in [0.05, 0.1) is 6.61 Å². The number of ether oxygens (including phenoxy) is 2. The highest BCUT2D eigenvalue weighted by Gasteiger charge is 2.59. The first kappa shape index (κ1) is 35.8. The van der Waals surface area contributed by atoms with Gasteiger partial charge in [0.25, 0.3) is 0 Å². The summed E-state index contributed by atoms with van der Waals surface area (Å²) in [7, 11) is 0. The van der Waals surface area contributed by atoms with Crippen molar-refractivity contribution in [3.63, 3.8) is 0 Å². The van der Waals surface area contributed by atoms with Gasteiger partial charge in [-0.05, 0) is 97.3 Å². The number of aliphatic hydroxyl groups excluding tert-OH is 4. The zero-order valence-corrected chi connectivity index (χ0v) is 29.8. The molecule has 3 saturated carbocycles. The van der Waals surface area contributed by atoms with E-state index >= 15 is 0 Å². The number of hydrogen-bond acceptors (Lipinski definition) is 7. The van der Waals surface area contributed by atoms with E-state index in [0.717, 1.165) is 55.3 Å². The molecule has 5 N–H and O–H groups in total. The Kier molecular flexibility index (Phi) is 10.7. The Morgan fingerprint density at radius 2 is 1.75 bits per heavy atom. The maximum absolute atomic E-state index is 13.3. The lowest BCUT2D eigenvalue weighted by molar-refractivity contribution is -0.231. The third-order valence-corrected chi connectivity index (χ3v) is 13.9. The summed E-state index contributed by atoms with van der Waals surface area (Å²) >= 11 is 0. The average molecular weight is 668 g/mol. The molecule has 1 aromatic carbocycles. The first-order chi connectivity index (χ1) is 22.9. The van der Waals surface area contributed by atoms with Crippen molar-refractivity contribution in [2.45, 2.75) is 142 Å². The number of hydrogen-bond donors (Lipinski definition) is 5. The second-order valence-corrected chi connectivity index (χ2v) is 17.0. The molecular formula is C40H61NO7. The average Bonchev–Trinajstić information content (AvgIpc) is 3.41. The number of aliphatic hydroxyl groups is 4. The molecule has 0 bridgehead atoms. The van der Waals surface area contributed by atoms with Crippen LogP contribution in [0.1, 0.15) is 117 Å². The molecule has 1 heterocycles. The molecule has 0 radical (unpaired) electrons. The van der Waals surface area contributed by atoms with E-state index in [-0.39, 0.29) is 11.5 Å². The monoisotopic (exact) mass is 667 g/mol. The van der Waals surface area contributed by atoms with Crippen molar-refractivity contribution in [1.82, 2.24) is 0 Å². The van der Waals surface area contributed by atoms with Crippen LogP contribution < -0.4 is 5.32 Å². The van der Waals surface area contributed by atoms with E-state index < -0.39 is 43.2 Å². The summed E-state index contributed by atoms with van der Waals surface area (Å²) in [6.07, 6.45) is 8.53. The molecule has 4 aliphatic carbocycles. The van der Waals surface area contributed by atoms with Crippen molar-refractivity contribution in [3.05, 3.63) is 41.5 Å². The zero-order chi connectivity index (χ0) is 34.4. The van der Waals surface area contributed by atoms with Gasteiger partial charge in [0.2, 0.25) is 0 Å². The number of allylic oxidation sites excluding steroid dienone is 1. The minimum Gasteiger partial charge on any atom is -0.446 e. The van der Waals surface area contributed by atoms with E-state index in [1.165, 1.54) is 50.5 Å². The van der Waals surface area contributed by atoms with Crippen LogP contribution in [0.4, 0.5) is 10.5 Å². The van der Waals surface area contributed by atoms with E-state index in [4.69, 9.17) is 9.47 Å². The summed E-state index contributed by atoms with van der Waals surface area (Å²) in [6, 6.07) is 6.88. The predicted molar refractivity (Wildman–Crippen MR) is 186 cm³/mol. The second-order valence-electron chi connectivity index (χ2n) is 17.0. The van der Waals surface area contributed by atoms with Crippen LogP contribution in [-0.2, 0) is 9.47 Å². The van der Waals surface area contributed by atoms with E-state index in [1.807, 2.05) is 0 Å². The van der Waals surface area contributed by atoms with Gasteiger partial charge in [-0.25, -0.2) is 4.79 Å². The van der Waals surface area contributed by atoms with E-state index in [2.05, 4.69) is 46.0 Å². The van der Waals surface area contributed by atoms with Crippen molar-refractivity contribution in [2.24, 2.45) is 46.3 Å². The lowest BCUT2D eigenvalue weighted by atomic mass is 9.47. The quantitative estimate of drug-likeness (QED) is 0.177. The molecule has 1 aromatic rings. The van der Waals surface area contributed by atoms with Gasteiger partial charge in [0.15, 0.2) is 0 Å². The molecule has 0 aromatic heterocycles. The lowest BCUT2D eigenvalue weighted by Crippen LogP contribution is -2.55. The van der Waals surface area contributed by atoms with Crippen LogP contribution in [-0.4, -0.2) is 63.6 Å². The van der Waals surface area contributed by atoms with E-state index in [1.54, 1.807) is 24.3 Å². The molecule has 268 valence electrons. The summed E-state index contributed by atoms with van der Waals surface area (Å²) in [5, 5.41) is 43.7. The highest BCUT2D eigenvalue weighted by Crippen LogP contribution is 2.67. The third-order valence-electron chi connectivity index (χ3n) is 13.9. The highest BCUT2D eigenvalue weighted by molar-refractivity contribution is 5.86. The number of rotatable bonds is 9. The molecular weight excluding hydrogens is 606 g/mol. The largest absolute Gasteiger partial charge is 0.446 e. The van der Waals surface area contributed by atoms with Crippen molar-refractivity contribution in [1.29, 1.82) is 0 Å². The van der Waals surface area contributed by atoms with Crippen molar-refractivity contribution in [3.8, 4) is 0 Å². The van der Waals surface area contributed by atoms with Gasteiger partial charge in [-0.3, -0.25) is 5.32 Å². The van der Waals surface area contributed by atoms with Gasteiger partial charge in [0.1, 0.15) is 36.6 Å². The number of amides is 1. The number of fused-ring (bicyclic) bond motifs is 5. The van der Waals surface area contributed by atoms with E-state index in [0.29, 0.717) is 22.6 Å². The molecule has 6 rings (SSSR count). The molecule has 5 aliphatic rings. The molecule has 1 aliphatic heterocycles. The molecule has 1 amide bonds. The minimum absolute atomic E-state index is 0.164. The Hall–Kier alpha value is -1.97. The summed E-state index contributed by atoms with van der Waals surface area (Å²) < 4.78 is 11.8. The Morgan fingerprint density at radius 1 is 0.979 bits per heavy atom. The Balaban J connectivity index is 1.09. The first-order valence-electron chi connectivity index (χ1n) is 18.9. The summed E-state index contributed by atoms with van der Waals surface area (Å²) in [5.74, 6) is 4.72. The fourth-order valence-electron chi connectivity index (χ4n) is 11.3. The van der Waals surface area contributed by atoms with Gasteiger partial charge < -0.3 is 29.9 Å². The SMILES string of the molecule is CC(C)CCC[C@@H](C)[C@H]1CC[C@H]2[C@@H]3CC=C4C[C@@H](OC(=O)Nc5ccccc5[C@@H]5O[C@H](CO)[C@@H](O)[C@H](O)[C@H]5O)CC[C@]4(C)[C@H]3CC[C@]12C. The normalized spacial score (nSPS) is 41.5. The van der Waals surface area contributed by atoms with Gasteiger partial charge in [-0.15, -0.1) is 0 Å². The minimum atomic E-state index is -1.50. The number of para-hydroxylation sites is 1. The molecule has 48 heavy (non-hydrogen) atoms. The van der Waals surface area contributed by atoms with Gasteiger partial charge in [0, 0.05) is 17.7 Å². The first-order valence-corrected chi connectivity index (χ1v) is 18.9. The second kappa shape index (κ2) is 14.3. The lowest BCUT2D eigenvalue weighted by Gasteiger charge is -2.58. The number of anilines is 1. The number of carbonyl (C=O) groups is 1. The van der Waals surface area contributed by atoms with Crippen LogP contribution in [0.15, 0.2) is 35.9 Å². The van der Waals surface area contributed by atoms with Crippen LogP contribution in [0.2, 0.25) is 0 Å². The molecule has 1 saturated heterocycles. The standard InChI is InChI=1S/C40H61NO7/c1-23(2)9-8-10-24(3)29-15-16-30-27-14-13-25-21-26(17-19-39(25,4)31(27)18-20-40(29,30)5)47-38(46)41-32-12-7-6-11-28(32)37-36(45)35(44)34(43)33(22-42)48-37/h6-7,11-13,23-24,26-27,29-31,33-37,42-45H,8-10,14-22H2,1-5H3,(H,41,46)/t24-,26+,27+,29-,30+,31+,33-,34-,35+,36-,37+,39+,40-/m1/s1. The third kappa shape index (κ3) is 6.61. The van der Waals surface area contributed by atoms with Crippen LogP contribution in [0, 0.1) is 46.3 Å². The molecule has 0 spiro atoms. The number of carbonyl (C=O) groups excluding carboxylic acids is 1. The van der Waals surface area contributed by atoms with Gasteiger partial charge in [-0.2, -0.15) is 0 Å². The van der Waals surface area contributed by atoms with Gasteiger partial charge >= 0.3 is 6.09 Å². The molecule has 8 nitrogen and oxygen atoms in total. The highest BCUT2D eigenvalue weighted by atomic mass is 16.6. The molecule has 0 unspecified atom stereocenters. The van der Waals surface area contributed by atoms with Crippen molar-refractivity contribution < 1.29 is 34.7 Å². The van der Waals surface area contributed by atoms with Crippen LogP contribution in [0.5, 0.6) is 0 Å². The fraction of sp³-hybridized carbons (Fsp3) is 0.775. The number of benzene rings is 1. The Bertz CT molecular complexity index is 1310. The number of nitrogens with one attached hydrogen (secondary N) is 1. The van der Waals surface area contributed by atoms with Crippen LogP contribution >= 0.6 is 0 Å². The topological polar surface area (TPSA) is 128 Å². The fourth-order valence-corrected chi connectivity index (χ4v) is 11.3. The van der Waals surface area contributed by atoms with Crippen LogP contribution in [0.3, 0.4) is 0 Å². The maximum atomic E-state index is 13.3. The molecule has 4 fully saturated rings. The van der Waals surface area contributed by atoms with Crippen LogP contribution in [0.25, 0.3) is 0 Å². The smallest absolute Gasteiger partial charge is 0.411 e. The van der Waals surface area contributed by atoms with Gasteiger partial charge in [-0.1, -0.05) is 83.7 Å². The maximum Gasteiger partial charge on any atom is 0.411 e. The van der Waals surface area contributed by atoms with Crippen molar-refractivity contribution >= 4 is 11.8 Å². The Labute approximate surface area is 287 Å². The zero-order valence-electron chi connectivity index (χ0n) is 29.8. The molecule has 13 atom stereocenters.